The predicted octanol–water partition coefficient (Wildman–Crippen LogP) is 0.813. The van der Waals surface area contributed by atoms with Crippen LogP contribution >= 0.6 is 0 Å². The molecule has 0 aliphatic carbocycles. The highest BCUT2D eigenvalue weighted by atomic mass is 16.4. The topological polar surface area (TPSA) is 74.5 Å². The number of hydrogen-bond acceptors (Lipinski definition) is 6. The number of nitrogens with zero attached hydrogens (tertiary/aromatic N) is 4. The average Bonchev–Trinajstić information content (AvgIpc) is 2.95. The first-order valence-electron chi connectivity index (χ1n) is 8.22. The molecule has 1 amide bonds. The number of aromatic nitrogens is 2. The van der Waals surface area contributed by atoms with Gasteiger partial charge in [-0.1, -0.05) is 12.0 Å². The third kappa shape index (κ3) is 2.69. The smallest absolute Gasteiger partial charge is 0.318 e. The van der Waals surface area contributed by atoms with E-state index in [9.17, 15) is 4.79 Å². The van der Waals surface area contributed by atoms with E-state index in [1.807, 2.05) is 0 Å². The highest BCUT2D eigenvalue weighted by Crippen LogP contribution is 2.31. The summed E-state index contributed by atoms with van der Waals surface area (Å²) in [7, 11) is 2.06. The molecule has 7 nitrogen and oxygen atoms in total. The zero-order valence-electron chi connectivity index (χ0n) is 13.5. The van der Waals surface area contributed by atoms with Gasteiger partial charge in [0.1, 0.15) is 5.54 Å². The van der Waals surface area contributed by atoms with E-state index in [0.717, 1.165) is 58.3 Å². The fourth-order valence-corrected chi connectivity index (χ4v) is 3.43. The fraction of sp³-hybridized carbons (Fsp3) is 0.800. The summed E-state index contributed by atoms with van der Waals surface area (Å²) in [6.45, 7) is 5.37. The third-order valence-electron chi connectivity index (χ3n) is 4.89. The normalized spacial score (nSPS) is 22.6. The van der Waals surface area contributed by atoms with Gasteiger partial charge in [0, 0.05) is 32.6 Å². The minimum absolute atomic E-state index is 0.171. The Kier molecular flexibility index (Phi) is 4.33. The van der Waals surface area contributed by atoms with Gasteiger partial charge in [-0.05, 0) is 32.7 Å². The van der Waals surface area contributed by atoms with E-state index in [2.05, 4.69) is 39.3 Å². The molecule has 2 fully saturated rings. The van der Waals surface area contributed by atoms with Crippen molar-refractivity contribution in [2.75, 3.05) is 38.1 Å². The molecule has 7 heteroatoms. The molecular weight excluding hydrogens is 282 g/mol. The van der Waals surface area contributed by atoms with E-state index in [0.29, 0.717) is 11.9 Å². The Morgan fingerprint density at radius 3 is 2.77 bits per heavy atom. The zero-order chi connectivity index (χ0) is 15.6. The molecule has 0 radical (unpaired) electrons. The molecule has 1 aromatic rings. The number of aryl methyl sites for hydroxylation is 1. The molecule has 0 saturated carbocycles. The number of likely N-dealkylation sites (N-methyl/N-ethyl adjacent to an activating group) is 1. The van der Waals surface area contributed by atoms with Crippen molar-refractivity contribution in [2.45, 2.75) is 44.6 Å². The second-order valence-corrected chi connectivity index (χ2v) is 6.28. The van der Waals surface area contributed by atoms with Gasteiger partial charge in [0.05, 0.1) is 0 Å². The van der Waals surface area contributed by atoms with Crippen molar-refractivity contribution in [2.24, 2.45) is 0 Å². The van der Waals surface area contributed by atoms with Crippen molar-refractivity contribution in [3.63, 3.8) is 0 Å². The van der Waals surface area contributed by atoms with Gasteiger partial charge < -0.3 is 14.6 Å². The first-order valence-corrected chi connectivity index (χ1v) is 8.22. The van der Waals surface area contributed by atoms with E-state index in [4.69, 9.17) is 4.42 Å². The van der Waals surface area contributed by atoms with Crippen LogP contribution in [0.5, 0.6) is 0 Å². The number of hydrogen-bond donors (Lipinski definition) is 1. The molecule has 3 rings (SSSR count). The lowest BCUT2D eigenvalue weighted by Gasteiger charge is -2.44. The van der Waals surface area contributed by atoms with Crippen LogP contribution in [0.2, 0.25) is 0 Å². The fourth-order valence-electron chi connectivity index (χ4n) is 3.43. The lowest BCUT2D eigenvalue weighted by molar-refractivity contribution is -0.133. The average molecular weight is 307 g/mol. The highest BCUT2D eigenvalue weighted by molar-refractivity contribution is 5.87. The van der Waals surface area contributed by atoms with E-state index in [1.54, 1.807) is 0 Å². The summed E-state index contributed by atoms with van der Waals surface area (Å²) in [4.78, 5) is 16.8. The van der Waals surface area contributed by atoms with Crippen LogP contribution in [0.25, 0.3) is 0 Å². The quantitative estimate of drug-likeness (QED) is 0.891. The lowest BCUT2D eigenvalue weighted by atomic mass is 9.85. The molecule has 0 atom stereocenters. The van der Waals surface area contributed by atoms with Crippen molar-refractivity contribution in [3.05, 3.63) is 5.89 Å². The maximum Gasteiger partial charge on any atom is 0.318 e. The van der Waals surface area contributed by atoms with Crippen LogP contribution in [0, 0.1) is 0 Å². The van der Waals surface area contributed by atoms with Gasteiger partial charge in [-0.2, -0.15) is 0 Å². The summed E-state index contributed by atoms with van der Waals surface area (Å²) >= 11 is 0. The van der Waals surface area contributed by atoms with Gasteiger partial charge >= 0.3 is 6.01 Å². The first-order chi connectivity index (χ1) is 10.7. The summed E-state index contributed by atoms with van der Waals surface area (Å²) in [6, 6.07) is 0.593. The molecule has 2 aliphatic heterocycles. The Hall–Kier alpha value is -1.63. The standard InChI is InChI=1S/C15H25N5O2/c1-3-5-12-17-18-14(22-12)20-10-6-15(7-11-20)13(21)16-8-4-9-19(15)2/h3-11H2,1-2H3,(H,16,21). The van der Waals surface area contributed by atoms with Gasteiger partial charge in [0.25, 0.3) is 0 Å². The number of rotatable bonds is 3. The molecule has 1 N–H and O–H groups in total. The number of carbonyl (C=O) groups excluding carboxylic acids is 1. The van der Waals surface area contributed by atoms with Crippen LogP contribution in [0.3, 0.4) is 0 Å². The zero-order valence-corrected chi connectivity index (χ0v) is 13.5. The Balaban J connectivity index is 1.69. The molecule has 2 saturated heterocycles. The third-order valence-corrected chi connectivity index (χ3v) is 4.89. The van der Waals surface area contributed by atoms with Gasteiger partial charge in [-0.25, -0.2) is 0 Å². The van der Waals surface area contributed by atoms with E-state index in [-0.39, 0.29) is 11.4 Å². The molecule has 0 aromatic carbocycles. The largest absolute Gasteiger partial charge is 0.408 e. The Bertz CT molecular complexity index is 522. The van der Waals surface area contributed by atoms with Crippen LogP contribution < -0.4 is 10.2 Å². The predicted molar refractivity (Wildman–Crippen MR) is 82.7 cm³/mol. The van der Waals surface area contributed by atoms with Crippen molar-refractivity contribution in [1.82, 2.24) is 20.4 Å². The molecule has 3 heterocycles. The van der Waals surface area contributed by atoms with E-state index >= 15 is 0 Å². The number of anilines is 1. The summed E-state index contributed by atoms with van der Waals surface area (Å²) < 4.78 is 5.71. The molecule has 22 heavy (non-hydrogen) atoms. The van der Waals surface area contributed by atoms with Gasteiger partial charge in [-0.15, -0.1) is 5.10 Å². The minimum atomic E-state index is -0.376. The van der Waals surface area contributed by atoms with Crippen molar-refractivity contribution < 1.29 is 9.21 Å². The SMILES string of the molecule is CCCc1nnc(N2CCC3(CC2)C(=O)NCCCN3C)o1. The number of piperidine rings is 1. The molecular formula is C15H25N5O2. The lowest BCUT2D eigenvalue weighted by Crippen LogP contribution is -2.61. The van der Waals surface area contributed by atoms with Crippen LogP contribution in [0.4, 0.5) is 6.01 Å². The monoisotopic (exact) mass is 307 g/mol. The first kappa shape index (κ1) is 15.3. The Morgan fingerprint density at radius 1 is 1.27 bits per heavy atom. The van der Waals surface area contributed by atoms with E-state index < -0.39 is 0 Å². The molecule has 0 bridgehead atoms. The van der Waals surface area contributed by atoms with Crippen LogP contribution in [-0.2, 0) is 11.2 Å². The second-order valence-electron chi connectivity index (χ2n) is 6.28. The Labute approximate surface area is 131 Å². The molecule has 2 aliphatic rings. The molecule has 1 aromatic heterocycles. The summed E-state index contributed by atoms with van der Waals surface area (Å²) in [5.41, 5.74) is -0.376. The number of carbonyl (C=O) groups is 1. The molecule has 122 valence electrons. The second kappa shape index (κ2) is 6.24. The van der Waals surface area contributed by atoms with Gasteiger partial charge in [0.15, 0.2) is 0 Å². The van der Waals surface area contributed by atoms with E-state index in [1.165, 1.54) is 0 Å². The van der Waals surface area contributed by atoms with Crippen LogP contribution in [-0.4, -0.2) is 59.8 Å². The maximum atomic E-state index is 12.5. The van der Waals surface area contributed by atoms with Crippen molar-refractivity contribution in [3.8, 4) is 0 Å². The Morgan fingerprint density at radius 2 is 2.05 bits per heavy atom. The molecule has 0 unspecified atom stereocenters. The molecule has 1 spiro atoms. The van der Waals surface area contributed by atoms with Gasteiger partial charge in [-0.3, -0.25) is 9.69 Å². The maximum absolute atomic E-state index is 12.5. The summed E-state index contributed by atoms with van der Waals surface area (Å²) in [5.74, 6) is 0.867. The summed E-state index contributed by atoms with van der Waals surface area (Å²) in [5, 5.41) is 11.3. The van der Waals surface area contributed by atoms with Crippen LogP contribution in [0.15, 0.2) is 4.42 Å². The van der Waals surface area contributed by atoms with Crippen LogP contribution in [0.1, 0.15) is 38.5 Å². The van der Waals surface area contributed by atoms with Crippen molar-refractivity contribution in [1.29, 1.82) is 0 Å². The minimum Gasteiger partial charge on any atom is -0.408 e. The number of nitrogens with one attached hydrogen (secondary N) is 1. The summed E-state index contributed by atoms with van der Waals surface area (Å²) in [6.07, 6.45) is 4.41. The van der Waals surface area contributed by atoms with Crippen molar-refractivity contribution >= 4 is 11.9 Å². The highest BCUT2D eigenvalue weighted by Gasteiger charge is 2.46. The number of amides is 1. The van der Waals surface area contributed by atoms with Gasteiger partial charge in [0.2, 0.25) is 11.8 Å².